The van der Waals surface area contributed by atoms with Crippen LogP contribution in [0.25, 0.3) is 0 Å². The maximum absolute atomic E-state index is 13.7. The van der Waals surface area contributed by atoms with E-state index in [1.807, 2.05) is 6.07 Å². The van der Waals surface area contributed by atoms with E-state index in [4.69, 9.17) is 9.47 Å². The number of hydrogen-bond donors (Lipinski definition) is 1. The summed E-state index contributed by atoms with van der Waals surface area (Å²) in [6, 6.07) is 6.61. The van der Waals surface area contributed by atoms with Crippen LogP contribution in [0.3, 0.4) is 0 Å². The summed E-state index contributed by atoms with van der Waals surface area (Å²) in [6.07, 6.45) is 2.57. The van der Waals surface area contributed by atoms with Crippen molar-refractivity contribution in [3.05, 3.63) is 47.7 Å². The maximum atomic E-state index is 13.7. The van der Waals surface area contributed by atoms with Crippen LogP contribution in [0, 0.1) is 11.6 Å². The van der Waals surface area contributed by atoms with Gasteiger partial charge in [0, 0.05) is 25.2 Å². The molecule has 1 aliphatic rings. The second-order valence-corrected chi connectivity index (χ2v) is 5.81. The predicted molar refractivity (Wildman–Crippen MR) is 85.2 cm³/mol. The summed E-state index contributed by atoms with van der Waals surface area (Å²) in [7, 11) is 1.35. The first-order valence-electron chi connectivity index (χ1n) is 7.77. The van der Waals surface area contributed by atoms with Gasteiger partial charge in [-0.3, -0.25) is 0 Å². The number of aromatic nitrogens is 2. The smallest absolute Gasteiger partial charge is 0.255 e. The summed E-state index contributed by atoms with van der Waals surface area (Å²) in [4.78, 5) is 7.92. The van der Waals surface area contributed by atoms with E-state index in [9.17, 15) is 8.78 Å². The molecular formula is C17H19F2N3O2. The molecule has 0 aliphatic carbocycles. The molecule has 0 amide bonds. The lowest BCUT2D eigenvalue weighted by Gasteiger charge is -2.38. The number of nitrogens with zero attached hydrogens (tertiary/aromatic N) is 2. The van der Waals surface area contributed by atoms with E-state index in [0.717, 1.165) is 24.6 Å². The van der Waals surface area contributed by atoms with Crippen molar-refractivity contribution < 1.29 is 18.3 Å². The van der Waals surface area contributed by atoms with E-state index in [1.54, 1.807) is 12.1 Å². The molecular weight excluding hydrogens is 316 g/mol. The molecule has 5 nitrogen and oxygen atoms in total. The molecule has 1 N–H and O–H groups in total. The Hall–Kier alpha value is -2.28. The van der Waals surface area contributed by atoms with Crippen LogP contribution in [-0.2, 0) is 10.2 Å². The molecule has 1 aromatic heterocycles. The third-order valence-electron chi connectivity index (χ3n) is 4.38. The van der Waals surface area contributed by atoms with Gasteiger partial charge in [0.1, 0.15) is 5.82 Å². The zero-order chi connectivity index (χ0) is 17.0. The van der Waals surface area contributed by atoms with Crippen molar-refractivity contribution in [3.63, 3.8) is 0 Å². The Labute approximate surface area is 139 Å². The average molecular weight is 335 g/mol. The van der Waals surface area contributed by atoms with E-state index in [0.29, 0.717) is 19.8 Å². The highest BCUT2D eigenvalue weighted by Gasteiger charge is 2.35. The number of hydrogen-bond acceptors (Lipinski definition) is 5. The number of methoxy groups -OCH3 is 1. The van der Waals surface area contributed by atoms with Gasteiger partial charge in [0.2, 0.25) is 11.8 Å². The fourth-order valence-electron chi connectivity index (χ4n) is 2.98. The predicted octanol–water partition coefficient (Wildman–Crippen LogP) is 2.92. The van der Waals surface area contributed by atoms with Crippen molar-refractivity contribution in [3.8, 4) is 5.88 Å². The number of anilines is 1. The SMILES string of the molecule is COc1nc(NCC2(c3cccc(F)c3)CCOCC2)ncc1F. The van der Waals surface area contributed by atoms with E-state index < -0.39 is 5.82 Å². The Morgan fingerprint density at radius 1 is 1.29 bits per heavy atom. The molecule has 1 saturated heterocycles. The molecule has 0 atom stereocenters. The second-order valence-electron chi connectivity index (χ2n) is 5.81. The highest BCUT2D eigenvalue weighted by Crippen LogP contribution is 2.35. The van der Waals surface area contributed by atoms with Gasteiger partial charge in [-0.25, -0.2) is 9.37 Å². The van der Waals surface area contributed by atoms with Gasteiger partial charge in [-0.15, -0.1) is 0 Å². The molecule has 2 aromatic rings. The van der Waals surface area contributed by atoms with Crippen LogP contribution < -0.4 is 10.1 Å². The molecule has 1 aromatic carbocycles. The molecule has 0 bridgehead atoms. The Kier molecular flexibility index (Phi) is 4.89. The lowest BCUT2D eigenvalue weighted by Crippen LogP contribution is -2.40. The minimum atomic E-state index is -0.617. The zero-order valence-corrected chi connectivity index (χ0v) is 13.4. The highest BCUT2D eigenvalue weighted by atomic mass is 19.1. The van der Waals surface area contributed by atoms with Gasteiger partial charge in [-0.2, -0.15) is 9.37 Å². The van der Waals surface area contributed by atoms with Crippen LogP contribution >= 0.6 is 0 Å². The van der Waals surface area contributed by atoms with Gasteiger partial charge >= 0.3 is 0 Å². The van der Waals surface area contributed by atoms with Crippen molar-refractivity contribution in [2.75, 3.05) is 32.2 Å². The molecule has 24 heavy (non-hydrogen) atoms. The van der Waals surface area contributed by atoms with E-state index in [-0.39, 0.29) is 23.1 Å². The summed E-state index contributed by atoms with van der Waals surface area (Å²) in [5.74, 6) is -0.721. The minimum Gasteiger partial charge on any atom is -0.479 e. The number of benzene rings is 1. The largest absolute Gasteiger partial charge is 0.479 e. The third kappa shape index (κ3) is 3.46. The van der Waals surface area contributed by atoms with E-state index in [2.05, 4.69) is 15.3 Å². The Bertz CT molecular complexity index is 706. The molecule has 7 heteroatoms. The van der Waals surface area contributed by atoms with Crippen molar-refractivity contribution in [2.24, 2.45) is 0 Å². The van der Waals surface area contributed by atoms with Crippen LogP contribution in [0.5, 0.6) is 5.88 Å². The minimum absolute atomic E-state index is 0.112. The van der Waals surface area contributed by atoms with Crippen LogP contribution in [0.2, 0.25) is 0 Å². The van der Waals surface area contributed by atoms with Gasteiger partial charge in [-0.1, -0.05) is 12.1 Å². The van der Waals surface area contributed by atoms with Crippen LogP contribution in [0.1, 0.15) is 18.4 Å². The quantitative estimate of drug-likeness (QED) is 0.910. The molecule has 0 spiro atoms. The summed E-state index contributed by atoms with van der Waals surface area (Å²) >= 11 is 0. The number of halogens is 2. The van der Waals surface area contributed by atoms with Crippen molar-refractivity contribution >= 4 is 5.95 Å². The fourth-order valence-corrected chi connectivity index (χ4v) is 2.98. The first-order chi connectivity index (χ1) is 11.6. The highest BCUT2D eigenvalue weighted by molar-refractivity contribution is 5.34. The van der Waals surface area contributed by atoms with E-state index >= 15 is 0 Å². The lowest BCUT2D eigenvalue weighted by molar-refractivity contribution is 0.0542. The average Bonchev–Trinajstić information content (AvgIpc) is 2.62. The maximum Gasteiger partial charge on any atom is 0.255 e. The molecule has 0 saturated carbocycles. The molecule has 1 fully saturated rings. The molecule has 1 aliphatic heterocycles. The first-order valence-corrected chi connectivity index (χ1v) is 7.77. The molecule has 0 radical (unpaired) electrons. The Morgan fingerprint density at radius 3 is 2.79 bits per heavy atom. The van der Waals surface area contributed by atoms with Gasteiger partial charge in [0.25, 0.3) is 5.88 Å². The van der Waals surface area contributed by atoms with Crippen LogP contribution in [0.15, 0.2) is 30.5 Å². The van der Waals surface area contributed by atoms with E-state index in [1.165, 1.54) is 13.2 Å². The van der Waals surface area contributed by atoms with Gasteiger partial charge in [0.05, 0.1) is 13.3 Å². The second kappa shape index (κ2) is 7.09. The lowest BCUT2D eigenvalue weighted by atomic mass is 9.74. The number of rotatable bonds is 5. The number of nitrogens with one attached hydrogen (secondary N) is 1. The van der Waals surface area contributed by atoms with Crippen LogP contribution in [0.4, 0.5) is 14.7 Å². The summed E-state index contributed by atoms with van der Waals surface area (Å²) in [6.45, 7) is 1.70. The standard InChI is InChI=1S/C17H19F2N3O2/c1-23-15-14(19)10-20-16(22-15)21-11-17(5-7-24-8-6-17)12-3-2-4-13(18)9-12/h2-4,9-10H,5-8,11H2,1H3,(H,20,21,22). The topological polar surface area (TPSA) is 56.3 Å². The summed E-state index contributed by atoms with van der Waals surface area (Å²) < 4.78 is 37.4. The van der Waals surface area contributed by atoms with Gasteiger partial charge in [0.15, 0.2) is 0 Å². The Balaban J connectivity index is 1.83. The fraction of sp³-hybridized carbons (Fsp3) is 0.412. The van der Waals surface area contributed by atoms with Crippen molar-refractivity contribution in [1.29, 1.82) is 0 Å². The third-order valence-corrected chi connectivity index (χ3v) is 4.38. The molecule has 3 rings (SSSR count). The van der Waals surface area contributed by atoms with Crippen molar-refractivity contribution in [1.82, 2.24) is 9.97 Å². The normalized spacial score (nSPS) is 16.6. The van der Waals surface area contributed by atoms with Crippen LogP contribution in [-0.4, -0.2) is 36.8 Å². The summed E-state index contributed by atoms with van der Waals surface area (Å²) in [5.41, 5.74) is 0.623. The summed E-state index contributed by atoms with van der Waals surface area (Å²) in [5, 5.41) is 3.13. The van der Waals surface area contributed by atoms with Crippen molar-refractivity contribution in [2.45, 2.75) is 18.3 Å². The first kappa shape index (κ1) is 16.6. The monoisotopic (exact) mass is 335 g/mol. The number of ether oxygens (including phenoxy) is 2. The molecule has 128 valence electrons. The molecule has 0 unspecified atom stereocenters. The van der Waals surface area contributed by atoms with Gasteiger partial charge < -0.3 is 14.8 Å². The zero-order valence-electron chi connectivity index (χ0n) is 13.4. The molecule has 2 heterocycles. The van der Waals surface area contributed by atoms with Gasteiger partial charge in [-0.05, 0) is 30.5 Å². The Morgan fingerprint density at radius 2 is 2.08 bits per heavy atom.